The fourth-order valence-corrected chi connectivity index (χ4v) is 0.0676. The van der Waals surface area contributed by atoms with Crippen molar-refractivity contribution in [1.82, 2.24) is 0 Å². The van der Waals surface area contributed by atoms with Crippen LogP contribution in [0, 0.1) is 0 Å². The maximum Gasteiger partial charge on any atom is 0.374 e. The zero-order valence-corrected chi connectivity index (χ0v) is 6.87. The lowest BCUT2D eigenvalue weighted by atomic mass is 10.4. The Kier molecular flexibility index (Phi) is 35.1. The highest BCUT2D eigenvalue weighted by atomic mass is 16.4. The lowest BCUT2D eigenvalue weighted by Gasteiger charge is -1.80. The lowest BCUT2D eigenvalue weighted by molar-refractivity contribution is -0.191. The number of aliphatic hydroxyl groups excluding tert-OH is 2. The Morgan fingerprint density at radius 1 is 1.20 bits per heavy atom. The standard InChI is InChI=1S/C3H4O4.C2H4O2.CO2.CH4/c4-1-2(5)3(6)7;3-1-2-4;2-1-3;/h4H,1H2,(H,6,7);1,4H,2H2;;1H4. The van der Waals surface area contributed by atoms with Gasteiger partial charge in [-0.15, -0.1) is 0 Å². The molecule has 0 amide bonds. The van der Waals surface area contributed by atoms with E-state index in [0.717, 1.165) is 0 Å². The predicted octanol–water partition coefficient (Wildman–Crippen LogP) is -2.14. The molecule has 0 heterocycles. The first-order valence-corrected chi connectivity index (χ1v) is 2.92. The third-order valence-electron chi connectivity index (χ3n) is 0.457. The van der Waals surface area contributed by atoms with Crippen molar-refractivity contribution in [3.05, 3.63) is 0 Å². The number of ketones is 1. The van der Waals surface area contributed by atoms with Gasteiger partial charge < -0.3 is 20.1 Å². The summed E-state index contributed by atoms with van der Waals surface area (Å²) in [5, 5.41) is 23.0. The van der Waals surface area contributed by atoms with Gasteiger partial charge in [0, 0.05) is 0 Å². The number of carbonyl (C=O) groups is 3. The first kappa shape index (κ1) is 23.2. The summed E-state index contributed by atoms with van der Waals surface area (Å²) in [6, 6.07) is 0. The fraction of sp³-hybridized carbons (Fsp3) is 0.429. The monoisotopic (exact) mass is 224 g/mol. The van der Waals surface area contributed by atoms with E-state index in [9.17, 15) is 9.59 Å². The number of carboxylic acids is 1. The first-order valence-electron chi connectivity index (χ1n) is 2.92. The Morgan fingerprint density at radius 3 is 1.47 bits per heavy atom. The van der Waals surface area contributed by atoms with Gasteiger partial charge in [-0.3, -0.25) is 4.79 Å². The van der Waals surface area contributed by atoms with E-state index in [0.29, 0.717) is 6.29 Å². The van der Waals surface area contributed by atoms with Crippen molar-refractivity contribution >= 4 is 24.2 Å². The van der Waals surface area contributed by atoms with Gasteiger partial charge >= 0.3 is 12.1 Å². The van der Waals surface area contributed by atoms with Gasteiger partial charge in [-0.05, 0) is 0 Å². The molecule has 0 aromatic rings. The Hall–Kier alpha value is -1.89. The van der Waals surface area contributed by atoms with Crippen LogP contribution in [0.25, 0.3) is 0 Å². The average Bonchev–Trinajstić information content (AvgIpc) is 2.18. The zero-order valence-electron chi connectivity index (χ0n) is 6.87. The quantitative estimate of drug-likeness (QED) is 0.363. The Labute approximate surface area is 85.1 Å². The molecule has 88 valence electrons. The maximum absolute atomic E-state index is 9.66. The molecule has 8 heteroatoms. The van der Waals surface area contributed by atoms with Gasteiger partial charge in [0.25, 0.3) is 5.78 Å². The molecule has 0 saturated carbocycles. The van der Waals surface area contributed by atoms with Crippen LogP contribution in [0.4, 0.5) is 0 Å². The van der Waals surface area contributed by atoms with Crippen molar-refractivity contribution in [3.8, 4) is 0 Å². The van der Waals surface area contributed by atoms with Crippen molar-refractivity contribution in [2.24, 2.45) is 0 Å². The van der Waals surface area contributed by atoms with Crippen LogP contribution in [-0.4, -0.2) is 52.7 Å². The zero-order chi connectivity index (χ0) is 12.0. The summed E-state index contributed by atoms with van der Waals surface area (Å²) in [4.78, 5) is 44.3. The number of aliphatic hydroxyl groups is 2. The summed E-state index contributed by atoms with van der Waals surface area (Å²) in [5.74, 6) is -2.78. The van der Waals surface area contributed by atoms with Crippen LogP contribution < -0.4 is 0 Å². The number of carbonyl (C=O) groups excluding carboxylic acids is 4. The predicted molar refractivity (Wildman–Crippen MR) is 44.6 cm³/mol. The van der Waals surface area contributed by atoms with E-state index in [2.05, 4.69) is 0 Å². The molecule has 0 aliphatic heterocycles. The number of hydrogen-bond acceptors (Lipinski definition) is 7. The van der Waals surface area contributed by atoms with E-state index in [1.165, 1.54) is 0 Å². The van der Waals surface area contributed by atoms with E-state index in [1.54, 1.807) is 0 Å². The summed E-state index contributed by atoms with van der Waals surface area (Å²) in [6.45, 7) is -1.28. The normalized spacial score (nSPS) is 6.00. The Morgan fingerprint density at radius 2 is 1.47 bits per heavy atom. The molecule has 0 fully saturated rings. The number of aldehydes is 1. The molecule has 0 radical (unpaired) electrons. The van der Waals surface area contributed by atoms with Crippen LogP contribution in [0.5, 0.6) is 0 Å². The lowest BCUT2D eigenvalue weighted by Crippen LogP contribution is -2.15. The van der Waals surface area contributed by atoms with E-state index in [4.69, 9.17) is 29.7 Å². The molecule has 0 unspecified atom stereocenters. The SMILES string of the molecule is C.O=C(O)C(=O)CO.O=C=O.O=CCO. The van der Waals surface area contributed by atoms with Gasteiger partial charge in [-0.1, -0.05) is 7.43 Å². The summed E-state index contributed by atoms with van der Waals surface area (Å²) < 4.78 is 0. The highest BCUT2D eigenvalue weighted by Crippen LogP contribution is 1.65. The van der Waals surface area contributed by atoms with Gasteiger partial charge in [0.1, 0.15) is 12.9 Å². The first-order chi connectivity index (χ1) is 6.51. The largest absolute Gasteiger partial charge is 0.475 e. The van der Waals surface area contributed by atoms with Crippen molar-refractivity contribution in [2.45, 2.75) is 7.43 Å². The molecule has 0 aromatic heterocycles. The number of Topliss-reactive ketones (excluding diaryl/α,β-unsaturated/α-hetero) is 1. The van der Waals surface area contributed by atoms with Crippen LogP contribution >= 0.6 is 0 Å². The van der Waals surface area contributed by atoms with Crippen LogP contribution in [0.1, 0.15) is 7.43 Å². The van der Waals surface area contributed by atoms with Crippen molar-refractivity contribution in [2.75, 3.05) is 13.2 Å². The second-order valence-electron chi connectivity index (χ2n) is 1.32. The number of aliphatic carboxylic acids is 1. The highest BCUT2D eigenvalue weighted by Gasteiger charge is 2.06. The van der Waals surface area contributed by atoms with Gasteiger partial charge in [-0.2, -0.15) is 9.59 Å². The molecule has 0 bridgehead atoms. The van der Waals surface area contributed by atoms with Gasteiger partial charge in [-0.25, -0.2) is 4.79 Å². The second kappa shape index (κ2) is 22.7. The molecule has 0 rings (SSSR count). The van der Waals surface area contributed by atoms with E-state index in [-0.39, 0.29) is 20.2 Å². The summed E-state index contributed by atoms with van der Waals surface area (Å²) >= 11 is 0. The molecule has 15 heavy (non-hydrogen) atoms. The minimum Gasteiger partial charge on any atom is -0.475 e. The van der Waals surface area contributed by atoms with Gasteiger partial charge in [0.2, 0.25) is 0 Å². The van der Waals surface area contributed by atoms with Crippen molar-refractivity contribution in [3.63, 3.8) is 0 Å². The van der Waals surface area contributed by atoms with E-state index in [1.807, 2.05) is 0 Å². The van der Waals surface area contributed by atoms with Crippen LogP contribution in [0.15, 0.2) is 0 Å². The topological polar surface area (TPSA) is 146 Å². The molecular formula is C7H12O8. The molecule has 8 nitrogen and oxygen atoms in total. The third kappa shape index (κ3) is 47.4. The van der Waals surface area contributed by atoms with Crippen LogP contribution in [0.3, 0.4) is 0 Å². The number of carboxylic acid groups (broad SMARTS) is 1. The molecule has 0 aliphatic carbocycles. The number of hydrogen-bond donors (Lipinski definition) is 3. The smallest absolute Gasteiger partial charge is 0.374 e. The summed E-state index contributed by atoms with van der Waals surface area (Å²) in [7, 11) is 0. The van der Waals surface area contributed by atoms with Crippen LogP contribution in [0.2, 0.25) is 0 Å². The van der Waals surface area contributed by atoms with Crippen molar-refractivity contribution < 1.29 is 39.3 Å². The maximum atomic E-state index is 9.66. The van der Waals surface area contributed by atoms with Crippen molar-refractivity contribution in [1.29, 1.82) is 0 Å². The molecule has 0 atom stereocenters. The molecule has 0 saturated heterocycles. The fourth-order valence-electron chi connectivity index (χ4n) is 0.0676. The molecule has 0 aromatic carbocycles. The Bertz CT molecular complexity index is 203. The molecule has 0 spiro atoms. The van der Waals surface area contributed by atoms with Gasteiger partial charge in [0.05, 0.1) is 6.61 Å². The Balaban J connectivity index is -0.0000000654. The molecule has 3 N–H and O–H groups in total. The molecular weight excluding hydrogens is 212 g/mol. The van der Waals surface area contributed by atoms with Crippen LogP contribution in [-0.2, 0) is 24.0 Å². The molecule has 0 aliphatic rings. The number of rotatable bonds is 3. The second-order valence-corrected chi connectivity index (χ2v) is 1.32. The minimum absolute atomic E-state index is 0. The minimum atomic E-state index is -1.59. The average molecular weight is 224 g/mol. The van der Waals surface area contributed by atoms with E-state index < -0.39 is 18.4 Å². The summed E-state index contributed by atoms with van der Waals surface area (Å²) in [6.07, 6.45) is 0.681. The third-order valence-corrected chi connectivity index (χ3v) is 0.457. The van der Waals surface area contributed by atoms with E-state index >= 15 is 0 Å². The van der Waals surface area contributed by atoms with Gasteiger partial charge in [0.15, 0.2) is 0 Å². The summed E-state index contributed by atoms with van der Waals surface area (Å²) in [5.41, 5.74) is 0. The highest BCUT2D eigenvalue weighted by molar-refractivity contribution is 6.33.